The Morgan fingerprint density at radius 2 is 0.800 bits per heavy atom. The number of hydrogen-bond donors (Lipinski definition) is 5. The molecule has 0 aromatic carbocycles. The molecule has 5 fully saturated rings. The van der Waals surface area contributed by atoms with Gasteiger partial charge in [0.2, 0.25) is 29.5 Å². The number of rotatable bonds is 38. The van der Waals surface area contributed by atoms with Gasteiger partial charge in [-0.1, -0.05) is 114 Å². The number of phosphoric ester groups is 1. The molecule has 0 aromatic rings. The van der Waals surface area contributed by atoms with E-state index in [9.17, 15) is 66.0 Å². The molecule has 5 amide bonds. The fraction of sp³-hybridized carbons (Fsp3) is 0.841. The van der Waals surface area contributed by atoms with Gasteiger partial charge in [-0.05, 0) is 50.4 Å². The Hall–Kier alpha value is -5.40. The molecule has 0 radical (unpaired) electrons. The van der Waals surface area contributed by atoms with Crippen molar-refractivity contribution in [3.63, 3.8) is 0 Å². The smallest absolute Gasteiger partial charge is 0.465 e. The molecular weight excluding hydrogens is 1290 g/mol. The number of ether oxygens (including phenoxy) is 5. The van der Waals surface area contributed by atoms with Crippen LogP contribution in [0.15, 0.2) is 0 Å². The average molecular weight is 1400 g/mol. The predicted octanol–water partition coefficient (Wildman–Crippen LogP) is 5.00. The van der Waals surface area contributed by atoms with Gasteiger partial charge >= 0.3 is 48.1 Å². The highest BCUT2D eigenvalue weighted by atomic mass is 32.3. The summed E-state index contributed by atoms with van der Waals surface area (Å²) in [5, 5.41) is 18.1. The third kappa shape index (κ3) is 37.2. The van der Waals surface area contributed by atoms with E-state index in [1.807, 2.05) is 25.7 Å². The average Bonchev–Trinajstić information content (AvgIpc) is 1.80. The Labute approximate surface area is 561 Å². The highest BCUT2D eigenvalue weighted by Crippen LogP contribution is 2.35. The first-order chi connectivity index (χ1) is 44.9. The zero-order valence-electron chi connectivity index (χ0n) is 57.6. The van der Waals surface area contributed by atoms with Gasteiger partial charge in [0.1, 0.15) is 0 Å². The highest BCUT2D eigenvalue weighted by Gasteiger charge is 2.40. The van der Waals surface area contributed by atoms with E-state index in [0.29, 0.717) is 70.8 Å². The molecule has 5 heterocycles. The van der Waals surface area contributed by atoms with Gasteiger partial charge in [0.25, 0.3) is 0 Å². The van der Waals surface area contributed by atoms with Crippen LogP contribution in [0.25, 0.3) is 0 Å². The summed E-state index contributed by atoms with van der Waals surface area (Å²) < 4.78 is 73.5. The molecule has 95 heavy (non-hydrogen) atoms. The quantitative estimate of drug-likeness (QED) is 0.0178. The number of likely N-dealkylation sites (tertiary alicyclic amines) is 5. The molecule has 7 atom stereocenters. The van der Waals surface area contributed by atoms with Gasteiger partial charge in [0.05, 0.1) is 82.4 Å². The van der Waals surface area contributed by atoms with E-state index >= 15 is 0 Å². The number of carbonyl (C=O) groups is 10. The van der Waals surface area contributed by atoms with E-state index < -0.39 is 66.7 Å². The normalized spacial score (nSPS) is 20.1. The molecule has 5 N–H and O–H groups in total. The maximum atomic E-state index is 12.1. The van der Waals surface area contributed by atoms with Gasteiger partial charge in [-0.15, -0.1) is 0 Å². The lowest BCUT2D eigenvalue weighted by atomic mass is 9.99. The van der Waals surface area contributed by atoms with Crippen molar-refractivity contribution >= 4 is 77.6 Å². The van der Waals surface area contributed by atoms with Crippen LogP contribution < -0.4 is 0 Å². The van der Waals surface area contributed by atoms with Crippen LogP contribution in [0.5, 0.6) is 0 Å². The lowest BCUT2D eigenvalue weighted by Crippen LogP contribution is -2.39. The predicted molar refractivity (Wildman–Crippen MR) is 345 cm³/mol. The molecule has 7 unspecified atom stereocenters. The maximum Gasteiger partial charge on any atom is 0.469 e. The number of carbonyl (C=O) groups excluding carboxylic acids is 10. The van der Waals surface area contributed by atoms with Gasteiger partial charge < -0.3 is 68.2 Å². The SMILES string of the molecule is CCCCOC(=O)C1CC(=O)N(C(O)CO)C1.CCCCOC(=O)C1CC(=O)N(CC(C)C)C1.CCCCOC(=O)C1CC(=O)N(CC(CC)CCCC)C1.CCCCOC(=O)C1CC(=O)N(CCOP(=O)(O)O)C1.CCCCOC(=O)C1CC(=O)N(CCOS(=O)(=O)O)C1. The van der Waals surface area contributed by atoms with E-state index in [-0.39, 0.29) is 119 Å². The highest BCUT2D eigenvalue weighted by molar-refractivity contribution is 7.80. The summed E-state index contributed by atoms with van der Waals surface area (Å²) in [4.78, 5) is 142. The topological polar surface area (TPSA) is 404 Å². The third-order valence-electron chi connectivity index (χ3n) is 15.7. The second-order valence-corrected chi connectivity index (χ2v) is 26.8. The van der Waals surface area contributed by atoms with E-state index in [1.54, 1.807) is 4.90 Å². The Kier molecular flexibility index (Phi) is 44.6. The van der Waals surface area contributed by atoms with Gasteiger partial charge in [0, 0.05) is 91.0 Å². The Morgan fingerprint density at radius 1 is 0.484 bits per heavy atom. The number of hydrogen-bond acceptors (Lipinski definition) is 22. The largest absolute Gasteiger partial charge is 0.469 e. The van der Waals surface area contributed by atoms with Crippen molar-refractivity contribution < 1.29 is 118 Å². The van der Waals surface area contributed by atoms with Gasteiger partial charge in [-0.2, -0.15) is 8.42 Å². The van der Waals surface area contributed by atoms with Crippen LogP contribution in [-0.2, 0) is 95.3 Å². The van der Waals surface area contributed by atoms with Crippen molar-refractivity contribution in [1.29, 1.82) is 0 Å². The number of nitrogens with zero attached hydrogens (tertiary/aromatic N) is 5. The fourth-order valence-electron chi connectivity index (χ4n) is 10.1. The summed E-state index contributed by atoms with van der Waals surface area (Å²) in [7, 11) is -9.03. The van der Waals surface area contributed by atoms with E-state index in [4.69, 9.17) is 43.1 Å². The number of aliphatic hydroxyl groups is 2. The Bertz CT molecular complexity index is 2510. The molecule has 0 spiro atoms. The number of phosphoric acid groups is 1. The molecule has 32 heteroatoms. The second-order valence-electron chi connectivity index (χ2n) is 24.5. The van der Waals surface area contributed by atoms with Crippen LogP contribution in [-0.4, -0.2) is 235 Å². The lowest BCUT2D eigenvalue weighted by molar-refractivity contribution is -0.149. The fourth-order valence-corrected chi connectivity index (χ4v) is 10.8. The van der Waals surface area contributed by atoms with Crippen LogP contribution in [0.1, 0.15) is 184 Å². The zero-order valence-corrected chi connectivity index (χ0v) is 59.3. The molecular formula is C63H112N5O25PS. The van der Waals surface area contributed by atoms with Crippen molar-refractivity contribution in [2.75, 3.05) is 112 Å². The van der Waals surface area contributed by atoms with Crippen molar-refractivity contribution in [2.45, 2.75) is 191 Å². The number of aliphatic hydroxyl groups excluding tert-OH is 2. The zero-order chi connectivity index (χ0) is 71.7. The van der Waals surface area contributed by atoms with Crippen molar-refractivity contribution in [2.24, 2.45) is 41.4 Å². The first kappa shape index (κ1) is 87.6. The molecule has 5 aliphatic rings. The third-order valence-corrected chi connectivity index (χ3v) is 16.7. The molecule has 5 rings (SSSR count). The summed E-state index contributed by atoms with van der Waals surface area (Å²) in [6, 6.07) is 0. The van der Waals surface area contributed by atoms with Crippen LogP contribution >= 0.6 is 7.82 Å². The molecule has 0 bridgehead atoms. The monoisotopic (exact) mass is 1400 g/mol. The molecule has 0 aliphatic carbocycles. The van der Waals surface area contributed by atoms with Crippen molar-refractivity contribution in [1.82, 2.24) is 24.5 Å². The van der Waals surface area contributed by atoms with Gasteiger partial charge in [0.15, 0.2) is 6.23 Å². The molecule has 0 saturated carbocycles. The first-order valence-corrected chi connectivity index (χ1v) is 36.7. The number of esters is 5. The number of unbranched alkanes of at least 4 members (excludes halogenated alkanes) is 6. The van der Waals surface area contributed by atoms with Crippen molar-refractivity contribution in [3.8, 4) is 0 Å². The number of amides is 5. The Balaban J connectivity index is 0.000000595. The molecule has 0 aromatic heterocycles. The van der Waals surface area contributed by atoms with E-state index in [0.717, 1.165) is 88.6 Å². The second kappa shape index (κ2) is 48.3. The summed E-state index contributed by atoms with van der Waals surface area (Å²) in [5.41, 5.74) is 0. The van der Waals surface area contributed by atoms with E-state index in [1.165, 1.54) is 29.1 Å². The van der Waals surface area contributed by atoms with Crippen LogP contribution in [0.4, 0.5) is 0 Å². The minimum absolute atomic E-state index is 0.00262. The van der Waals surface area contributed by atoms with Crippen molar-refractivity contribution in [3.05, 3.63) is 0 Å². The van der Waals surface area contributed by atoms with E-state index in [2.05, 4.69) is 50.2 Å². The summed E-state index contributed by atoms with van der Waals surface area (Å²) in [5.74, 6) is -3.32. The minimum atomic E-state index is -4.52. The lowest BCUT2D eigenvalue weighted by Gasteiger charge is -2.23. The summed E-state index contributed by atoms with van der Waals surface area (Å²) in [6.45, 7) is 22.6. The molecule has 550 valence electrons. The van der Waals surface area contributed by atoms with Crippen LogP contribution in [0.2, 0.25) is 0 Å². The summed E-state index contributed by atoms with van der Waals surface area (Å²) >= 11 is 0. The molecule has 30 nitrogen and oxygen atoms in total. The molecule has 5 aliphatic heterocycles. The molecule has 5 saturated heterocycles. The maximum absolute atomic E-state index is 12.1. The summed E-state index contributed by atoms with van der Waals surface area (Å²) in [6.07, 6.45) is 13.2. The minimum Gasteiger partial charge on any atom is -0.465 e. The van der Waals surface area contributed by atoms with Crippen LogP contribution in [0, 0.1) is 41.4 Å². The van der Waals surface area contributed by atoms with Crippen LogP contribution in [0.3, 0.4) is 0 Å². The Morgan fingerprint density at radius 3 is 1.12 bits per heavy atom. The van der Waals surface area contributed by atoms with Gasteiger partial charge in [-0.3, -0.25) is 57.0 Å². The van der Waals surface area contributed by atoms with Gasteiger partial charge in [-0.25, -0.2) is 8.75 Å². The standard InChI is InChI=1S/C17H31NO3.C13H23NO3.C11H20NO7P.C11H19NO7S.C11H19NO5/c1-4-7-9-14(6-3)12-18-13-15(11-16(18)19)17(20)21-10-8-5-2;1-4-5-6-17-13(16)11-7-12(15)14(9-11)8-10(2)3;2*1-2-3-5-18-11(14)9-7-10(13)12(8-9)4-6-19-20(15,16)17;1-2-3-4-17-11(16)8-5-9(14)12(6-8)10(15)7-13/h14-15H,4-13H2,1-3H3;10-11H,4-9H2,1-3H3;9H,2-8H2,1H3,(H2,15,16,17);9H,2-8H2,1H3,(H,15,16,17);8,10,13,15H,2-7H2,1H3. The first-order valence-electron chi connectivity index (χ1n) is 33.8.